The van der Waals surface area contributed by atoms with Gasteiger partial charge in [0.05, 0.1) is 12.2 Å². The van der Waals surface area contributed by atoms with Gasteiger partial charge in [-0.3, -0.25) is 4.79 Å². The van der Waals surface area contributed by atoms with Crippen LogP contribution in [0.25, 0.3) is 0 Å². The maximum absolute atomic E-state index is 10.9. The summed E-state index contributed by atoms with van der Waals surface area (Å²) in [5.74, 6) is -0.904. The summed E-state index contributed by atoms with van der Waals surface area (Å²) in [4.78, 5) is 10.9. The molecule has 0 amide bonds. The van der Waals surface area contributed by atoms with E-state index in [2.05, 4.69) is 13.8 Å². The highest BCUT2D eigenvalue weighted by molar-refractivity contribution is 5.78. The summed E-state index contributed by atoms with van der Waals surface area (Å²) < 4.78 is 5.81. The van der Waals surface area contributed by atoms with E-state index in [1.807, 2.05) is 0 Å². The zero-order chi connectivity index (χ0) is 11.5. The van der Waals surface area contributed by atoms with E-state index in [1.165, 1.54) is 0 Å². The van der Waals surface area contributed by atoms with Gasteiger partial charge in [-0.2, -0.15) is 0 Å². The van der Waals surface area contributed by atoms with Crippen LogP contribution in [0, 0.1) is 0 Å². The molecule has 0 radical (unpaired) electrons. The summed E-state index contributed by atoms with van der Waals surface area (Å²) in [7, 11) is 0. The molecule has 2 atom stereocenters. The lowest BCUT2D eigenvalue weighted by atomic mass is 10.00. The number of carboxylic acids is 1. The summed E-state index contributed by atoms with van der Waals surface area (Å²) in [6, 6.07) is 0. The van der Waals surface area contributed by atoms with Gasteiger partial charge < -0.3 is 15.6 Å². The minimum atomic E-state index is -1.06. The highest BCUT2D eigenvalue weighted by Gasteiger charge is 2.43. The molecule has 0 spiro atoms. The highest BCUT2D eigenvalue weighted by atomic mass is 16.5. The normalized spacial score (nSPS) is 31.1. The average molecular weight is 215 g/mol. The number of rotatable bonds is 5. The highest BCUT2D eigenvalue weighted by Crippen LogP contribution is 2.31. The van der Waals surface area contributed by atoms with Crippen molar-refractivity contribution in [2.45, 2.75) is 63.7 Å². The van der Waals surface area contributed by atoms with Gasteiger partial charge in [0.1, 0.15) is 5.54 Å². The number of aliphatic carboxylic acids is 1. The van der Waals surface area contributed by atoms with Gasteiger partial charge in [0.2, 0.25) is 0 Å². The zero-order valence-corrected chi connectivity index (χ0v) is 9.53. The zero-order valence-electron chi connectivity index (χ0n) is 9.53. The summed E-state index contributed by atoms with van der Waals surface area (Å²) in [6.45, 7) is 4.16. The third kappa shape index (κ3) is 2.92. The molecule has 1 rings (SSSR count). The molecule has 0 saturated heterocycles. The van der Waals surface area contributed by atoms with Crippen molar-refractivity contribution in [2.75, 3.05) is 0 Å². The number of carboxylic acid groups (broad SMARTS) is 1. The van der Waals surface area contributed by atoms with Gasteiger partial charge in [-0.1, -0.05) is 13.8 Å². The second-order valence-corrected chi connectivity index (χ2v) is 4.40. The lowest BCUT2D eigenvalue weighted by Crippen LogP contribution is -2.46. The first-order chi connectivity index (χ1) is 7.01. The van der Waals surface area contributed by atoms with Gasteiger partial charge in [-0.25, -0.2) is 0 Å². The van der Waals surface area contributed by atoms with Gasteiger partial charge in [0, 0.05) is 6.42 Å². The maximum Gasteiger partial charge on any atom is 0.323 e. The molecule has 1 aliphatic rings. The summed E-state index contributed by atoms with van der Waals surface area (Å²) in [5.41, 5.74) is 4.71. The second kappa shape index (κ2) is 4.94. The molecule has 4 nitrogen and oxygen atoms in total. The third-order valence-corrected chi connectivity index (χ3v) is 3.23. The number of carbonyl (C=O) groups is 1. The smallest absolute Gasteiger partial charge is 0.323 e. The first-order valence-electron chi connectivity index (χ1n) is 5.69. The van der Waals surface area contributed by atoms with E-state index in [0.29, 0.717) is 12.8 Å². The third-order valence-electron chi connectivity index (χ3n) is 3.23. The van der Waals surface area contributed by atoms with Gasteiger partial charge in [-0.15, -0.1) is 0 Å². The van der Waals surface area contributed by atoms with E-state index in [0.717, 1.165) is 19.3 Å². The molecule has 4 heteroatoms. The van der Waals surface area contributed by atoms with Crippen LogP contribution in [0.1, 0.15) is 46.0 Å². The van der Waals surface area contributed by atoms with Crippen molar-refractivity contribution in [3.63, 3.8) is 0 Å². The SMILES string of the molecule is CCC(CC)OC1CCC(N)(C(=O)O)C1. The Hall–Kier alpha value is -0.610. The molecule has 2 unspecified atom stereocenters. The first-order valence-corrected chi connectivity index (χ1v) is 5.69. The van der Waals surface area contributed by atoms with Crippen LogP contribution < -0.4 is 5.73 Å². The Labute approximate surface area is 90.8 Å². The van der Waals surface area contributed by atoms with Crippen molar-refractivity contribution in [3.8, 4) is 0 Å². The summed E-state index contributed by atoms with van der Waals surface area (Å²) >= 11 is 0. The van der Waals surface area contributed by atoms with Gasteiger partial charge in [0.15, 0.2) is 0 Å². The Morgan fingerprint density at radius 3 is 2.60 bits per heavy atom. The van der Waals surface area contributed by atoms with Crippen molar-refractivity contribution in [1.82, 2.24) is 0 Å². The van der Waals surface area contributed by atoms with E-state index in [4.69, 9.17) is 15.6 Å². The lowest BCUT2D eigenvalue weighted by molar-refractivity contribution is -0.143. The Kier molecular flexibility index (Phi) is 4.11. The minimum Gasteiger partial charge on any atom is -0.480 e. The average Bonchev–Trinajstić information content (AvgIpc) is 2.58. The van der Waals surface area contributed by atoms with Gasteiger partial charge >= 0.3 is 5.97 Å². The molecule has 0 aromatic heterocycles. The van der Waals surface area contributed by atoms with E-state index in [1.54, 1.807) is 0 Å². The molecule has 1 aliphatic carbocycles. The molecule has 1 fully saturated rings. The molecule has 1 saturated carbocycles. The standard InChI is InChI=1S/C11H21NO3/c1-3-8(4-2)15-9-5-6-11(12,7-9)10(13)14/h8-9H,3-7,12H2,1-2H3,(H,13,14). The largest absolute Gasteiger partial charge is 0.480 e. The molecule has 88 valence electrons. The van der Waals surface area contributed by atoms with Gasteiger partial charge in [0.25, 0.3) is 0 Å². The molecule has 0 bridgehead atoms. The van der Waals surface area contributed by atoms with E-state index < -0.39 is 11.5 Å². The molecule has 0 aromatic rings. The predicted octanol–water partition coefficient (Wildman–Crippen LogP) is 1.53. The second-order valence-electron chi connectivity index (χ2n) is 4.40. The van der Waals surface area contributed by atoms with Crippen LogP contribution in [0.4, 0.5) is 0 Å². The molecule has 3 N–H and O–H groups in total. The van der Waals surface area contributed by atoms with E-state index in [-0.39, 0.29) is 12.2 Å². The van der Waals surface area contributed by atoms with Crippen molar-refractivity contribution in [1.29, 1.82) is 0 Å². The van der Waals surface area contributed by atoms with Crippen LogP contribution in [-0.4, -0.2) is 28.8 Å². The van der Waals surface area contributed by atoms with E-state index in [9.17, 15) is 4.79 Å². The first kappa shape index (κ1) is 12.5. The Morgan fingerprint density at radius 1 is 1.60 bits per heavy atom. The molecule has 0 heterocycles. The van der Waals surface area contributed by atoms with Crippen LogP contribution in [0.3, 0.4) is 0 Å². The van der Waals surface area contributed by atoms with Crippen LogP contribution in [0.15, 0.2) is 0 Å². The van der Waals surface area contributed by atoms with Crippen LogP contribution in [0.5, 0.6) is 0 Å². The molecular formula is C11H21NO3. The fraction of sp³-hybridized carbons (Fsp3) is 0.909. The van der Waals surface area contributed by atoms with Crippen LogP contribution in [-0.2, 0) is 9.53 Å². The van der Waals surface area contributed by atoms with Crippen LogP contribution in [0.2, 0.25) is 0 Å². The lowest BCUT2D eigenvalue weighted by Gasteiger charge is -2.21. The monoisotopic (exact) mass is 215 g/mol. The minimum absolute atomic E-state index is 0.0241. The van der Waals surface area contributed by atoms with Crippen LogP contribution >= 0.6 is 0 Å². The number of ether oxygens (including phenoxy) is 1. The summed E-state index contributed by atoms with van der Waals surface area (Å²) in [6.07, 6.45) is 3.93. The molecule has 0 aromatic carbocycles. The van der Waals surface area contributed by atoms with E-state index >= 15 is 0 Å². The molecule has 0 aliphatic heterocycles. The Morgan fingerprint density at radius 2 is 2.20 bits per heavy atom. The van der Waals surface area contributed by atoms with Crippen molar-refractivity contribution < 1.29 is 14.6 Å². The van der Waals surface area contributed by atoms with Crippen molar-refractivity contribution >= 4 is 5.97 Å². The number of nitrogens with two attached hydrogens (primary N) is 1. The molecule has 15 heavy (non-hydrogen) atoms. The predicted molar refractivity (Wildman–Crippen MR) is 57.6 cm³/mol. The van der Waals surface area contributed by atoms with Crippen molar-refractivity contribution in [3.05, 3.63) is 0 Å². The van der Waals surface area contributed by atoms with Gasteiger partial charge in [-0.05, 0) is 25.7 Å². The number of hydrogen-bond donors (Lipinski definition) is 2. The fourth-order valence-corrected chi connectivity index (χ4v) is 2.09. The molecular weight excluding hydrogens is 194 g/mol. The Balaban J connectivity index is 2.46. The summed E-state index contributed by atoms with van der Waals surface area (Å²) in [5, 5.41) is 8.96. The maximum atomic E-state index is 10.9. The topological polar surface area (TPSA) is 72.5 Å². The number of hydrogen-bond acceptors (Lipinski definition) is 3. The quantitative estimate of drug-likeness (QED) is 0.729. The Bertz CT molecular complexity index is 228. The van der Waals surface area contributed by atoms with Crippen molar-refractivity contribution in [2.24, 2.45) is 5.73 Å². The fourth-order valence-electron chi connectivity index (χ4n) is 2.09.